The van der Waals surface area contributed by atoms with Crippen LogP contribution >= 0.6 is 0 Å². The van der Waals surface area contributed by atoms with Gasteiger partial charge >= 0.3 is 0 Å². The van der Waals surface area contributed by atoms with E-state index < -0.39 is 5.79 Å². The van der Waals surface area contributed by atoms with Gasteiger partial charge in [0, 0.05) is 43.7 Å². The summed E-state index contributed by atoms with van der Waals surface area (Å²) in [5, 5.41) is 3.19. The molecule has 1 aromatic rings. The van der Waals surface area contributed by atoms with E-state index in [0.717, 1.165) is 36.9 Å². The van der Waals surface area contributed by atoms with Gasteiger partial charge in [-0.1, -0.05) is 6.07 Å². The second-order valence-corrected chi connectivity index (χ2v) is 6.66. The molecule has 1 fully saturated rings. The van der Waals surface area contributed by atoms with Crippen molar-refractivity contribution >= 4 is 5.91 Å². The van der Waals surface area contributed by atoms with Gasteiger partial charge in [-0.15, -0.1) is 0 Å². The minimum Gasteiger partial charge on any atom is -0.381 e. The summed E-state index contributed by atoms with van der Waals surface area (Å²) >= 11 is 0. The van der Waals surface area contributed by atoms with Crippen molar-refractivity contribution in [3.8, 4) is 0 Å². The number of fused-ring (bicyclic) bond motifs is 1. The Labute approximate surface area is 149 Å². The van der Waals surface area contributed by atoms with Crippen LogP contribution < -0.4 is 5.32 Å². The second-order valence-electron chi connectivity index (χ2n) is 6.66. The van der Waals surface area contributed by atoms with Gasteiger partial charge in [0.1, 0.15) is 0 Å². The molecular weight excluding hydrogens is 320 g/mol. The Kier molecular flexibility index (Phi) is 5.71. The van der Waals surface area contributed by atoms with Gasteiger partial charge in [-0.3, -0.25) is 9.78 Å². The maximum atomic E-state index is 12.7. The lowest BCUT2D eigenvalue weighted by molar-refractivity contribution is -0.264. The second kappa shape index (κ2) is 7.81. The maximum Gasteiger partial charge on any atom is 0.223 e. The predicted molar refractivity (Wildman–Crippen MR) is 92.9 cm³/mol. The summed E-state index contributed by atoms with van der Waals surface area (Å²) in [4.78, 5) is 17.2. The number of pyridine rings is 1. The zero-order valence-electron chi connectivity index (χ0n) is 15.3. The molecule has 1 unspecified atom stereocenters. The number of carbonyl (C=O) groups excluding carboxylic acids is 1. The first-order valence-corrected chi connectivity index (χ1v) is 9.20. The molecule has 25 heavy (non-hydrogen) atoms. The summed E-state index contributed by atoms with van der Waals surface area (Å²) in [6.45, 7) is 4.88. The van der Waals surface area contributed by atoms with Crippen LogP contribution in [0.5, 0.6) is 0 Å². The van der Waals surface area contributed by atoms with Crippen LogP contribution in [0.2, 0.25) is 0 Å². The van der Waals surface area contributed by atoms with E-state index in [4.69, 9.17) is 14.2 Å². The first-order valence-electron chi connectivity index (χ1n) is 9.20. The third-order valence-electron chi connectivity index (χ3n) is 5.23. The number of hydrogen-bond acceptors (Lipinski definition) is 5. The summed E-state index contributed by atoms with van der Waals surface area (Å²) in [5.41, 5.74) is 1.91. The Balaban J connectivity index is 1.83. The van der Waals surface area contributed by atoms with E-state index in [-0.39, 0.29) is 24.0 Å². The molecule has 1 saturated carbocycles. The molecule has 0 bridgehead atoms. The van der Waals surface area contributed by atoms with Crippen molar-refractivity contribution in [2.75, 3.05) is 20.3 Å². The minimum atomic E-state index is -0.967. The summed E-state index contributed by atoms with van der Waals surface area (Å²) in [7, 11) is 1.69. The van der Waals surface area contributed by atoms with E-state index in [1.165, 1.54) is 0 Å². The molecule has 3 rings (SSSR count). The number of nitrogens with zero attached hydrogens (tertiary/aromatic N) is 1. The van der Waals surface area contributed by atoms with Crippen LogP contribution in [-0.4, -0.2) is 43.4 Å². The molecule has 2 aliphatic carbocycles. The van der Waals surface area contributed by atoms with Crippen LogP contribution in [0.4, 0.5) is 0 Å². The SMILES string of the molecule is CCOC1(OCC)c2cccnc2CCC1NC(=O)C1CC(OC)C1. The van der Waals surface area contributed by atoms with Crippen molar-refractivity contribution in [3.05, 3.63) is 29.6 Å². The fourth-order valence-electron chi connectivity index (χ4n) is 3.87. The van der Waals surface area contributed by atoms with Gasteiger partial charge in [0.25, 0.3) is 0 Å². The van der Waals surface area contributed by atoms with E-state index in [2.05, 4.69) is 10.3 Å². The molecule has 0 radical (unpaired) electrons. The first-order chi connectivity index (χ1) is 12.1. The van der Waals surface area contributed by atoms with Crippen LogP contribution in [0.3, 0.4) is 0 Å². The molecule has 1 heterocycles. The highest BCUT2D eigenvalue weighted by Gasteiger charge is 2.49. The number of amides is 1. The molecule has 1 aromatic heterocycles. The topological polar surface area (TPSA) is 69.7 Å². The van der Waals surface area contributed by atoms with Crippen LogP contribution in [0.1, 0.15) is 44.4 Å². The zero-order chi connectivity index (χ0) is 17.9. The highest BCUT2D eigenvalue weighted by Crippen LogP contribution is 2.40. The smallest absolute Gasteiger partial charge is 0.223 e. The summed E-state index contributed by atoms with van der Waals surface area (Å²) in [5.74, 6) is -0.888. The van der Waals surface area contributed by atoms with Crippen molar-refractivity contribution in [1.82, 2.24) is 10.3 Å². The van der Waals surface area contributed by atoms with Gasteiger partial charge in [-0.2, -0.15) is 0 Å². The van der Waals surface area contributed by atoms with Crippen LogP contribution in [0.15, 0.2) is 18.3 Å². The molecule has 0 spiro atoms. The van der Waals surface area contributed by atoms with E-state index in [1.807, 2.05) is 26.0 Å². The number of nitrogens with one attached hydrogen (secondary N) is 1. The van der Waals surface area contributed by atoms with Gasteiger partial charge in [-0.05, 0) is 45.6 Å². The first kappa shape index (κ1) is 18.3. The fourth-order valence-corrected chi connectivity index (χ4v) is 3.87. The van der Waals surface area contributed by atoms with Gasteiger partial charge < -0.3 is 19.5 Å². The lowest BCUT2D eigenvalue weighted by Crippen LogP contribution is -2.58. The average Bonchev–Trinajstić information content (AvgIpc) is 2.57. The minimum absolute atomic E-state index is 0.0150. The largest absolute Gasteiger partial charge is 0.381 e. The molecular formula is C19H28N2O4. The highest BCUT2D eigenvalue weighted by atomic mass is 16.7. The third-order valence-corrected chi connectivity index (χ3v) is 5.23. The van der Waals surface area contributed by atoms with Crippen molar-refractivity contribution in [2.24, 2.45) is 5.92 Å². The number of methoxy groups -OCH3 is 1. The Morgan fingerprint density at radius 2 is 2.04 bits per heavy atom. The van der Waals surface area contributed by atoms with E-state index >= 15 is 0 Å². The quantitative estimate of drug-likeness (QED) is 0.765. The fraction of sp³-hybridized carbons (Fsp3) is 0.684. The van der Waals surface area contributed by atoms with Crippen LogP contribution in [-0.2, 0) is 31.2 Å². The third kappa shape index (κ3) is 3.43. The van der Waals surface area contributed by atoms with E-state index in [0.29, 0.717) is 13.2 Å². The lowest BCUT2D eigenvalue weighted by Gasteiger charge is -2.45. The standard InChI is InChI=1S/C19H28N2O4/c1-4-24-19(25-5-2)15-7-6-10-20-16(15)8-9-17(19)21-18(22)13-11-14(12-13)23-3/h6-7,10,13-14,17H,4-5,8-9,11-12H2,1-3H3,(H,21,22). The molecule has 1 amide bonds. The zero-order valence-corrected chi connectivity index (χ0v) is 15.3. The molecule has 6 nitrogen and oxygen atoms in total. The predicted octanol–water partition coefficient (Wildman–Crippen LogP) is 2.16. The maximum absolute atomic E-state index is 12.7. The van der Waals surface area contributed by atoms with Crippen molar-refractivity contribution < 1.29 is 19.0 Å². The number of rotatable bonds is 7. The van der Waals surface area contributed by atoms with Crippen molar-refractivity contribution in [2.45, 2.75) is 57.5 Å². The van der Waals surface area contributed by atoms with Crippen LogP contribution in [0.25, 0.3) is 0 Å². The average molecular weight is 348 g/mol. The van der Waals surface area contributed by atoms with E-state index in [9.17, 15) is 4.79 Å². The molecule has 0 aliphatic heterocycles. The normalized spacial score (nSPS) is 27.2. The number of carbonyl (C=O) groups is 1. The molecule has 0 aromatic carbocycles. The summed E-state index contributed by atoms with van der Waals surface area (Å²) < 4.78 is 17.5. The molecule has 138 valence electrons. The van der Waals surface area contributed by atoms with Gasteiger partial charge in [0.05, 0.1) is 12.1 Å². The number of ether oxygens (including phenoxy) is 3. The van der Waals surface area contributed by atoms with Crippen LogP contribution in [0, 0.1) is 5.92 Å². The van der Waals surface area contributed by atoms with Crippen molar-refractivity contribution in [1.29, 1.82) is 0 Å². The van der Waals surface area contributed by atoms with Gasteiger partial charge in [-0.25, -0.2) is 0 Å². The number of aromatic nitrogens is 1. The molecule has 6 heteroatoms. The Hall–Kier alpha value is -1.50. The number of aryl methyl sites for hydroxylation is 1. The molecule has 0 saturated heterocycles. The Morgan fingerprint density at radius 3 is 2.68 bits per heavy atom. The monoisotopic (exact) mass is 348 g/mol. The molecule has 1 atom stereocenters. The van der Waals surface area contributed by atoms with Gasteiger partial charge in [0.15, 0.2) is 0 Å². The lowest BCUT2D eigenvalue weighted by atomic mass is 9.80. The highest BCUT2D eigenvalue weighted by molar-refractivity contribution is 5.80. The molecule has 1 N–H and O–H groups in total. The summed E-state index contributed by atoms with van der Waals surface area (Å²) in [6, 6.07) is 3.67. The Bertz CT molecular complexity index is 595. The molecule has 2 aliphatic rings. The van der Waals surface area contributed by atoms with Crippen molar-refractivity contribution in [3.63, 3.8) is 0 Å². The van der Waals surface area contributed by atoms with E-state index in [1.54, 1.807) is 13.3 Å². The summed E-state index contributed by atoms with van der Waals surface area (Å²) in [6.07, 6.45) is 5.10. The van der Waals surface area contributed by atoms with Gasteiger partial charge in [0.2, 0.25) is 11.7 Å². The Morgan fingerprint density at radius 1 is 1.32 bits per heavy atom. The number of hydrogen-bond donors (Lipinski definition) is 1.